The highest BCUT2D eigenvalue weighted by Crippen LogP contribution is 2.42. The molecule has 1 aliphatic rings. The molecule has 0 spiro atoms. The molecular formula is C28H32N4O4+2. The number of carbonyl (C=O) groups is 1. The molecule has 3 heterocycles. The molecule has 1 fully saturated rings. The van der Waals surface area contributed by atoms with Gasteiger partial charge in [0.1, 0.15) is 17.6 Å². The van der Waals surface area contributed by atoms with Crippen LogP contribution in [0.5, 0.6) is 5.75 Å². The van der Waals surface area contributed by atoms with Crippen LogP contribution in [0.2, 0.25) is 0 Å². The quantitative estimate of drug-likeness (QED) is 0.379. The molecular weight excluding hydrogens is 456 g/mol. The monoisotopic (exact) mass is 488 g/mol. The minimum atomic E-state index is -0.172. The van der Waals surface area contributed by atoms with Crippen molar-refractivity contribution in [3.8, 4) is 28.2 Å². The Kier molecular flexibility index (Phi) is 7.13. The first-order valence-corrected chi connectivity index (χ1v) is 12.3. The zero-order valence-corrected chi connectivity index (χ0v) is 20.7. The SMILES string of the molecule is COC(=O)CCN1CCCC(Nc2[nH+]c[nH+]c3oc(-c4ccccc4)c(-c4ccc(OC)cc4)c23)C1. The molecule has 8 nitrogen and oxygen atoms in total. The number of piperidine rings is 1. The maximum atomic E-state index is 11.6. The molecule has 36 heavy (non-hydrogen) atoms. The molecule has 8 heteroatoms. The Morgan fingerprint density at radius 3 is 2.64 bits per heavy atom. The molecule has 1 unspecified atom stereocenters. The number of fused-ring (bicyclic) bond motifs is 1. The van der Waals surface area contributed by atoms with E-state index in [4.69, 9.17) is 13.9 Å². The van der Waals surface area contributed by atoms with Crippen LogP contribution in [0.1, 0.15) is 19.3 Å². The summed E-state index contributed by atoms with van der Waals surface area (Å²) in [6.07, 6.45) is 4.30. The van der Waals surface area contributed by atoms with Crippen LogP contribution in [0, 0.1) is 0 Å². The summed E-state index contributed by atoms with van der Waals surface area (Å²) >= 11 is 0. The van der Waals surface area contributed by atoms with Crippen LogP contribution >= 0.6 is 0 Å². The highest BCUT2D eigenvalue weighted by atomic mass is 16.5. The fourth-order valence-corrected chi connectivity index (χ4v) is 4.89. The molecule has 2 aromatic carbocycles. The Morgan fingerprint density at radius 1 is 1.08 bits per heavy atom. The topological polar surface area (TPSA) is 92.2 Å². The molecule has 2 aromatic heterocycles. The molecule has 1 aliphatic heterocycles. The standard InChI is InChI=1S/C28H30N4O4/c1-34-22-12-10-19(11-13-22)24-25-27(31-21-9-6-15-32(17-21)16-14-23(33)35-2)29-18-30-28(25)36-26(24)20-7-4-3-5-8-20/h3-5,7-8,10-13,18,21H,6,9,14-17H2,1-2H3,(H,29,30,31)/p+2. The number of nitrogens with zero attached hydrogens (tertiary/aromatic N) is 1. The van der Waals surface area contributed by atoms with Gasteiger partial charge in [-0.15, -0.1) is 0 Å². The van der Waals surface area contributed by atoms with Crippen molar-refractivity contribution in [1.29, 1.82) is 0 Å². The van der Waals surface area contributed by atoms with Gasteiger partial charge in [-0.3, -0.25) is 9.69 Å². The number of likely N-dealkylation sites (tertiary alicyclic amines) is 1. The number of H-pyrrole nitrogens is 2. The number of anilines is 1. The van der Waals surface area contributed by atoms with Gasteiger partial charge in [-0.1, -0.05) is 42.5 Å². The second-order valence-corrected chi connectivity index (χ2v) is 9.02. The molecule has 1 saturated heterocycles. The van der Waals surface area contributed by atoms with Gasteiger partial charge in [-0.25, -0.2) is 5.32 Å². The summed E-state index contributed by atoms with van der Waals surface area (Å²) in [5.41, 5.74) is 3.74. The third-order valence-electron chi connectivity index (χ3n) is 6.71. The molecule has 0 aliphatic carbocycles. The summed E-state index contributed by atoms with van der Waals surface area (Å²) < 4.78 is 16.6. The number of rotatable bonds is 8. The lowest BCUT2D eigenvalue weighted by molar-refractivity contribution is -0.509. The summed E-state index contributed by atoms with van der Waals surface area (Å²) in [5, 5.41) is 4.70. The summed E-state index contributed by atoms with van der Waals surface area (Å²) in [4.78, 5) is 20.6. The number of benzene rings is 2. The number of aromatic nitrogens is 2. The van der Waals surface area contributed by atoms with E-state index in [1.165, 1.54) is 7.11 Å². The van der Waals surface area contributed by atoms with Crippen LogP contribution in [0.4, 0.5) is 5.82 Å². The van der Waals surface area contributed by atoms with Gasteiger partial charge in [0.25, 0.3) is 0 Å². The number of furan rings is 1. The maximum absolute atomic E-state index is 11.6. The molecule has 5 rings (SSSR count). The number of hydrogen-bond donors (Lipinski definition) is 1. The average molecular weight is 489 g/mol. The van der Waals surface area contributed by atoms with Crippen molar-refractivity contribution < 1.29 is 28.7 Å². The van der Waals surface area contributed by atoms with E-state index in [0.717, 1.165) is 65.3 Å². The normalized spacial score (nSPS) is 16.1. The van der Waals surface area contributed by atoms with Gasteiger partial charge in [0.15, 0.2) is 5.39 Å². The highest BCUT2D eigenvalue weighted by Gasteiger charge is 2.31. The number of nitrogens with one attached hydrogen (secondary N) is 3. The van der Waals surface area contributed by atoms with Gasteiger partial charge >= 0.3 is 23.8 Å². The maximum Gasteiger partial charge on any atom is 0.347 e. The van der Waals surface area contributed by atoms with Gasteiger partial charge in [0.2, 0.25) is 0 Å². The third-order valence-corrected chi connectivity index (χ3v) is 6.71. The van der Waals surface area contributed by atoms with Crippen LogP contribution in [0.3, 0.4) is 0 Å². The molecule has 0 bridgehead atoms. The van der Waals surface area contributed by atoms with E-state index in [1.54, 1.807) is 13.4 Å². The Balaban J connectivity index is 1.52. The fourth-order valence-electron chi connectivity index (χ4n) is 4.89. The first kappa shape index (κ1) is 23.8. The molecule has 0 amide bonds. The van der Waals surface area contributed by atoms with E-state index in [2.05, 4.69) is 44.5 Å². The first-order valence-electron chi connectivity index (χ1n) is 12.3. The molecule has 186 valence electrons. The van der Waals surface area contributed by atoms with Gasteiger partial charge < -0.3 is 13.9 Å². The number of hydrogen-bond acceptors (Lipinski definition) is 6. The zero-order chi connectivity index (χ0) is 24.9. The Morgan fingerprint density at radius 2 is 1.89 bits per heavy atom. The minimum absolute atomic E-state index is 0.172. The fraction of sp³-hybridized carbons (Fsp3) is 0.321. The Bertz CT molecular complexity index is 1320. The van der Waals surface area contributed by atoms with Crippen LogP contribution in [-0.4, -0.2) is 50.8 Å². The molecule has 0 saturated carbocycles. The summed E-state index contributed by atoms with van der Waals surface area (Å²) in [6.45, 7) is 2.54. The van der Waals surface area contributed by atoms with Crippen LogP contribution in [-0.2, 0) is 9.53 Å². The second-order valence-electron chi connectivity index (χ2n) is 9.02. The lowest BCUT2D eigenvalue weighted by Crippen LogP contribution is -2.43. The lowest BCUT2D eigenvalue weighted by Gasteiger charge is -2.29. The van der Waals surface area contributed by atoms with Crippen molar-refractivity contribution in [3.05, 3.63) is 60.9 Å². The predicted molar refractivity (Wildman–Crippen MR) is 136 cm³/mol. The van der Waals surface area contributed by atoms with Crippen LogP contribution in [0.25, 0.3) is 33.6 Å². The number of methoxy groups -OCH3 is 2. The van der Waals surface area contributed by atoms with E-state index >= 15 is 0 Å². The van der Waals surface area contributed by atoms with Crippen molar-refractivity contribution in [1.82, 2.24) is 4.90 Å². The van der Waals surface area contributed by atoms with Gasteiger partial charge in [0.05, 0.1) is 26.2 Å². The zero-order valence-electron chi connectivity index (χ0n) is 20.7. The van der Waals surface area contributed by atoms with E-state index in [0.29, 0.717) is 18.7 Å². The Labute approximate surface area is 210 Å². The van der Waals surface area contributed by atoms with Gasteiger partial charge in [-0.2, -0.15) is 9.97 Å². The largest absolute Gasteiger partial charge is 0.497 e. The summed E-state index contributed by atoms with van der Waals surface area (Å²) in [7, 11) is 3.10. The van der Waals surface area contributed by atoms with Crippen molar-refractivity contribution >= 4 is 22.9 Å². The van der Waals surface area contributed by atoms with Crippen LogP contribution in [0.15, 0.2) is 65.3 Å². The van der Waals surface area contributed by atoms with E-state index in [-0.39, 0.29) is 12.0 Å². The summed E-state index contributed by atoms with van der Waals surface area (Å²) in [5.74, 6) is 2.34. The van der Waals surface area contributed by atoms with E-state index < -0.39 is 0 Å². The predicted octanol–water partition coefficient (Wildman–Crippen LogP) is 3.84. The summed E-state index contributed by atoms with van der Waals surface area (Å²) in [6, 6.07) is 18.4. The first-order chi connectivity index (χ1) is 17.7. The molecule has 1 atom stereocenters. The third kappa shape index (κ3) is 5.04. The highest BCUT2D eigenvalue weighted by molar-refractivity contribution is 6.04. The molecule has 0 radical (unpaired) electrons. The molecule has 3 N–H and O–H groups in total. The van der Waals surface area contributed by atoms with E-state index in [1.807, 2.05) is 30.3 Å². The number of esters is 1. The van der Waals surface area contributed by atoms with Crippen molar-refractivity contribution in [2.24, 2.45) is 0 Å². The number of ether oxygens (including phenoxy) is 2. The Hall–Kier alpha value is -3.91. The molecule has 4 aromatic rings. The number of aromatic amines is 2. The van der Waals surface area contributed by atoms with Gasteiger partial charge in [0, 0.05) is 18.7 Å². The van der Waals surface area contributed by atoms with E-state index in [9.17, 15) is 4.79 Å². The minimum Gasteiger partial charge on any atom is -0.497 e. The van der Waals surface area contributed by atoms with Crippen molar-refractivity contribution in [3.63, 3.8) is 0 Å². The van der Waals surface area contributed by atoms with Gasteiger partial charge in [-0.05, 0) is 37.1 Å². The second kappa shape index (κ2) is 10.8. The van der Waals surface area contributed by atoms with Crippen molar-refractivity contribution in [2.75, 3.05) is 39.2 Å². The van der Waals surface area contributed by atoms with Crippen LogP contribution < -0.4 is 20.0 Å². The van der Waals surface area contributed by atoms with Crippen molar-refractivity contribution in [2.45, 2.75) is 25.3 Å². The lowest BCUT2D eigenvalue weighted by atomic mass is 9.98. The average Bonchev–Trinajstić information content (AvgIpc) is 3.33. The number of carbonyl (C=O) groups excluding carboxylic acids is 1. The smallest absolute Gasteiger partial charge is 0.347 e.